The van der Waals surface area contributed by atoms with Gasteiger partial charge in [0.1, 0.15) is 6.29 Å². The van der Waals surface area contributed by atoms with Gasteiger partial charge in [0.15, 0.2) is 0 Å². The second kappa shape index (κ2) is 5.45. The van der Waals surface area contributed by atoms with E-state index < -0.39 is 11.5 Å². The topological polar surface area (TPSA) is 63.7 Å². The number of ether oxygens (including phenoxy) is 1. The molecular formula is C15H17NO4. The molecule has 1 aromatic rings. The number of Topliss-reactive ketones (excluding diaryl/α,β-unsaturated/α-hetero) is 1. The molecule has 1 aliphatic heterocycles. The highest BCUT2D eigenvalue weighted by Gasteiger charge is 2.55. The molecule has 2 rings (SSSR count). The second-order valence-corrected chi connectivity index (χ2v) is 4.69. The molecule has 0 aromatic heterocycles. The van der Waals surface area contributed by atoms with Crippen LogP contribution in [0.25, 0.3) is 0 Å². The van der Waals surface area contributed by atoms with Crippen molar-refractivity contribution in [3.63, 3.8) is 0 Å². The van der Waals surface area contributed by atoms with Gasteiger partial charge in [-0.1, -0.05) is 12.1 Å². The number of hydrogen-bond donors (Lipinski definition) is 0. The van der Waals surface area contributed by atoms with Crippen LogP contribution >= 0.6 is 0 Å². The molecule has 0 bridgehead atoms. The van der Waals surface area contributed by atoms with Crippen molar-refractivity contribution in [3.8, 4) is 0 Å². The Hall–Kier alpha value is -2.17. The first kappa shape index (κ1) is 14.2. The average molecular weight is 275 g/mol. The fourth-order valence-corrected chi connectivity index (χ4v) is 2.67. The van der Waals surface area contributed by atoms with E-state index in [1.165, 1.54) is 0 Å². The fourth-order valence-electron chi connectivity index (χ4n) is 2.67. The summed E-state index contributed by atoms with van der Waals surface area (Å²) in [5.41, 5.74) is -0.231. The zero-order chi connectivity index (χ0) is 14.8. The van der Waals surface area contributed by atoms with Crippen molar-refractivity contribution in [2.24, 2.45) is 0 Å². The van der Waals surface area contributed by atoms with Crippen molar-refractivity contribution in [1.29, 1.82) is 0 Å². The Labute approximate surface area is 117 Å². The molecule has 0 saturated heterocycles. The lowest BCUT2D eigenvalue weighted by atomic mass is 9.88. The Bertz CT molecular complexity index is 555. The summed E-state index contributed by atoms with van der Waals surface area (Å²) in [6, 6.07) is 7.04. The highest BCUT2D eigenvalue weighted by Crippen LogP contribution is 2.40. The van der Waals surface area contributed by atoms with Crippen molar-refractivity contribution in [2.75, 3.05) is 18.6 Å². The number of carbonyl (C=O) groups excluding carboxylic acids is 3. The Morgan fingerprint density at radius 3 is 2.70 bits per heavy atom. The van der Waals surface area contributed by atoms with E-state index in [4.69, 9.17) is 4.74 Å². The predicted octanol–water partition coefficient (Wildman–Crippen LogP) is 1.60. The summed E-state index contributed by atoms with van der Waals surface area (Å²) >= 11 is 0. The predicted molar refractivity (Wildman–Crippen MR) is 73.8 cm³/mol. The number of aldehydes is 1. The molecule has 0 amide bonds. The van der Waals surface area contributed by atoms with E-state index in [1.807, 2.05) is 6.07 Å². The molecular weight excluding hydrogens is 258 g/mol. The van der Waals surface area contributed by atoms with Crippen LogP contribution in [0.15, 0.2) is 24.3 Å². The first-order valence-corrected chi connectivity index (χ1v) is 6.58. The number of para-hydroxylation sites is 1. The average Bonchev–Trinajstić information content (AvgIpc) is 2.68. The molecule has 0 saturated carbocycles. The van der Waals surface area contributed by atoms with Gasteiger partial charge < -0.3 is 14.4 Å². The molecule has 0 N–H and O–H groups in total. The van der Waals surface area contributed by atoms with Crippen LogP contribution in [0.4, 0.5) is 5.69 Å². The van der Waals surface area contributed by atoms with Crippen LogP contribution in [0.2, 0.25) is 0 Å². The third-order valence-electron chi connectivity index (χ3n) is 3.70. The van der Waals surface area contributed by atoms with Crippen molar-refractivity contribution in [2.45, 2.75) is 25.3 Å². The van der Waals surface area contributed by atoms with Crippen LogP contribution in [-0.4, -0.2) is 37.2 Å². The third-order valence-corrected chi connectivity index (χ3v) is 3.70. The van der Waals surface area contributed by atoms with Gasteiger partial charge in [-0.3, -0.25) is 4.79 Å². The van der Waals surface area contributed by atoms with Gasteiger partial charge in [-0.2, -0.15) is 0 Å². The molecule has 0 fully saturated rings. The van der Waals surface area contributed by atoms with E-state index >= 15 is 0 Å². The van der Waals surface area contributed by atoms with Gasteiger partial charge in [0.25, 0.3) is 0 Å². The maximum absolute atomic E-state index is 12.7. The molecule has 20 heavy (non-hydrogen) atoms. The summed E-state index contributed by atoms with van der Waals surface area (Å²) in [4.78, 5) is 37.4. The van der Waals surface area contributed by atoms with Crippen LogP contribution in [0.1, 0.15) is 30.1 Å². The molecule has 1 heterocycles. The summed E-state index contributed by atoms with van der Waals surface area (Å²) in [6.07, 6.45) is 0.966. The number of ketones is 1. The van der Waals surface area contributed by atoms with Crippen LogP contribution in [0, 0.1) is 0 Å². The normalized spacial score (nSPS) is 20.7. The molecule has 1 aliphatic rings. The summed E-state index contributed by atoms with van der Waals surface area (Å²) in [5, 5.41) is 0. The molecule has 0 spiro atoms. The lowest BCUT2D eigenvalue weighted by Gasteiger charge is -2.33. The highest BCUT2D eigenvalue weighted by atomic mass is 16.5. The minimum Gasteiger partial charge on any atom is -0.464 e. The van der Waals surface area contributed by atoms with Crippen LogP contribution in [-0.2, 0) is 14.3 Å². The summed E-state index contributed by atoms with van der Waals surface area (Å²) in [5.74, 6) is -0.888. The Kier molecular flexibility index (Phi) is 3.88. The first-order valence-electron chi connectivity index (χ1n) is 6.58. The number of rotatable bonds is 5. The molecule has 1 aromatic carbocycles. The van der Waals surface area contributed by atoms with Crippen LogP contribution < -0.4 is 4.90 Å². The Balaban J connectivity index is 2.50. The molecule has 0 aliphatic carbocycles. The second-order valence-electron chi connectivity index (χ2n) is 4.69. The third kappa shape index (κ3) is 1.90. The lowest BCUT2D eigenvalue weighted by Crippen LogP contribution is -2.56. The number of esters is 1. The highest BCUT2D eigenvalue weighted by molar-refractivity contribution is 6.25. The molecule has 106 valence electrons. The van der Waals surface area contributed by atoms with Gasteiger partial charge >= 0.3 is 5.97 Å². The van der Waals surface area contributed by atoms with Gasteiger partial charge in [-0.25, -0.2) is 4.79 Å². The van der Waals surface area contributed by atoms with E-state index in [9.17, 15) is 14.4 Å². The Morgan fingerprint density at radius 2 is 2.10 bits per heavy atom. The van der Waals surface area contributed by atoms with Crippen LogP contribution in [0.3, 0.4) is 0 Å². The van der Waals surface area contributed by atoms with Gasteiger partial charge in [-0.05, 0) is 25.5 Å². The maximum atomic E-state index is 12.7. The van der Waals surface area contributed by atoms with Gasteiger partial charge in [0.05, 0.1) is 6.61 Å². The summed E-state index contributed by atoms with van der Waals surface area (Å²) in [6.45, 7) is 1.89. The Morgan fingerprint density at radius 1 is 1.40 bits per heavy atom. The van der Waals surface area contributed by atoms with Gasteiger partial charge in [0.2, 0.25) is 11.3 Å². The molecule has 1 unspecified atom stereocenters. The number of hydrogen-bond acceptors (Lipinski definition) is 5. The van der Waals surface area contributed by atoms with E-state index in [-0.39, 0.29) is 25.2 Å². The quantitative estimate of drug-likeness (QED) is 0.464. The molecule has 5 heteroatoms. The SMILES string of the molecule is CCOC(=O)C1(CCC=O)C(=O)c2ccccc2N1C. The number of anilines is 1. The van der Waals surface area contributed by atoms with E-state index in [0.29, 0.717) is 17.5 Å². The summed E-state index contributed by atoms with van der Waals surface area (Å²) < 4.78 is 5.08. The van der Waals surface area contributed by atoms with Crippen molar-refractivity contribution in [1.82, 2.24) is 0 Å². The molecule has 1 atom stereocenters. The van der Waals surface area contributed by atoms with Gasteiger partial charge in [-0.15, -0.1) is 0 Å². The smallest absolute Gasteiger partial charge is 0.340 e. The van der Waals surface area contributed by atoms with E-state index in [2.05, 4.69) is 0 Å². The van der Waals surface area contributed by atoms with Crippen LogP contribution in [0.5, 0.6) is 0 Å². The number of nitrogens with zero attached hydrogens (tertiary/aromatic N) is 1. The van der Waals surface area contributed by atoms with Crippen molar-refractivity contribution >= 4 is 23.7 Å². The number of likely N-dealkylation sites (N-methyl/N-ethyl adjacent to an activating group) is 1. The number of benzene rings is 1. The number of fused-ring (bicyclic) bond motifs is 1. The lowest BCUT2D eigenvalue weighted by molar-refractivity contribution is -0.147. The fraction of sp³-hybridized carbons (Fsp3) is 0.400. The van der Waals surface area contributed by atoms with Crippen molar-refractivity contribution < 1.29 is 19.1 Å². The van der Waals surface area contributed by atoms with E-state index in [0.717, 1.165) is 0 Å². The summed E-state index contributed by atoms with van der Waals surface area (Å²) in [7, 11) is 1.69. The van der Waals surface area contributed by atoms with E-state index in [1.54, 1.807) is 37.1 Å². The van der Waals surface area contributed by atoms with Gasteiger partial charge in [0, 0.05) is 24.7 Å². The van der Waals surface area contributed by atoms with Crippen molar-refractivity contribution in [3.05, 3.63) is 29.8 Å². The zero-order valence-corrected chi connectivity index (χ0v) is 11.6. The minimum atomic E-state index is -1.42. The molecule has 0 radical (unpaired) electrons. The molecule has 5 nitrogen and oxygen atoms in total. The zero-order valence-electron chi connectivity index (χ0n) is 11.6. The number of carbonyl (C=O) groups is 3. The minimum absolute atomic E-state index is 0.124. The monoisotopic (exact) mass is 275 g/mol. The largest absolute Gasteiger partial charge is 0.464 e. The first-order chi connectivity index (χ1) is 9.59. The maximum Gasteiger partial charge on any atom is 0.340 e. The standard InChI is InChI=1S/C15H17NO4/c1-3-20-14(19)15(9-6-10-17)13(18)11-7-4-5-8-12(11)16(15)2/h4-5,7-8,10H,3,6,9H2,1-2H3.